The number of hydrogen-bond donors (Lipinski definition) is 1. The van der Waals surface area contributed by atoms with Crippen LogP contribution in [0.3, 0.4) is 0 Å². The van der Waals surface area contributed by atoms with Gasteiger partial charge in [-0.25, -0.2) is 9.97 Å². The van der Waals surface area contributed by atoms with Crippen molar-refractivity contribution < 1.29 is 14.2 Å². The second-order valence-corrected chi connectivity index (χ2v) is 7.63. The number of ether oxygens (including phenoxy) is 3. The molecule has 1 aliphatic rings. The molecule has 170 valence electrons. The Hall–Kier alpha value is -4.08. The van der Waals surface area contributed by atoms with Crippen LogP contribution in [-0.4, -0.2) is 58.9 Å². The molecule has 0 aliphatic carbocycles. The fourth-order valence-electron chi connectivity index (χ4n) is 3.99. The number of nitrogens with zero attached hydrogens (tertiary/aromatic N) is 6. The third-order valence-electron chi connectivity index (χ3n) is 5.65. The summed E-state index contributed by atoms with van der Waals surface area (Å²) in [4.78, 5) is 20.5. The van der Waals surface area contributed by atoms with Crippen LogP contribution in [0.1, 0.15) is 12.8 Å². The fourth-order valence-corrected chi connectivity index (χ4v) is 3.99. The normalized spacial score (nSPS) is 13.4. The van der Waals surface area contributed by atoms with E-state index in [1.807, 2.05) is 29.0 Å². The van der Waals surface area contributed by atoms with Gasteiger partial charge in [0.1, 0.15) is 18.0 Å². The molecule has 0 saturated carbocycles. The topological polar surface area (TPSA) is 99.5 Å². The Balaban J connectivity index is 1.49. The van der Waals surface area contributed by atoms with E-state index >= 15 is 0 Å². The summed E-state index contributed by atoms with van der Waals surface area (Å²) in [6.45, 7) is 1.92. The summed E-state index contributed by atoms with van der Waals surface area (Å²) in [6, 6.07) is 5.63. The number of imidazole rings is 1. The van der Waals surface area contributed by atoms with Gasteiger partial charge in [-0.05, 0) is 18.9 Å². The van der Waals surface area contributed by atoms with Crippen molar-refractivity contribution in [3.05, 3.63) is 43.1 Å². The molecular weight excluding hydrogens is 422 g/mol. The van der Waals surface area contributed by atoms with E-state index in [2.05, 4.69) is 20.2 Å². The number of nitrogens with one attached hydrogen (secondary N) is 1. The lowest BCUT2D eigenvalue weighted by molar-refractivity contribution is 0.324. The maximum atomic E-state index is 5.47. The molecule has 0 amide bonds. The standard InChI is InChI=1S/C23H25N7O3/c1-31-18-10-15(11-19(32-2)21(18)33-3)30-13-20(25-14-30)27-22-16-6-7-24-12-17(16)26-23(28-22)29-8-4-5-9-29/h6-7,10-14H,4-5,8-9H2,1-3H3,(H,26,27,28). The molecule has 3 aromatic heterocycles. The molecule has 0 bridgehead atoms. The molecule has 1 aliphatic heterocycles. The van der Waals surface area contributed by atoms with Gasteiger partial charge in [-0.15, -0.1) is 0 Å². The Bertz CT molecular complexity index is 1260. The first-order chi connectivity index (χ1) is 16.2. The van der Waals surface area contributed by atoms with Crippen molar-refractivity contribution in [1.29, 1.82) is 0 Å². The molecule has 0 atom stereocenters. The van der Waals surface area contributed by atoms with Crippen molar-refractivity contribution in [3.8, 4) is 22.9 Å². The first-order valence-corrected chi connectivity index (χ1v) is 10.7. The molecule has 4 heterocycles. The number of benzene rings is 1. The second kappa shape index (κ2) is 8.81. The minimum absolute atomic E-state index is 0.540. The number of fused-ring (bicyclic) bond motifs is 1. The highest BCUT2D eigenvalue weighted by Crippen LogP contribution is 2.39. The van der Waals surface area contributed by atoms with Gasteiger partial charge in [-0.3, -0.25) is 4.98 Å². The van der Waals surface area contributed by atoms with Crippen LogP contribution >= 0.6 is 0 Å². The third kappa shape index (κ3) is 3.95. The van der Waals surface area contributed by atoms with E-state index in [9.17, 15) is 0 Å². The largest absolute Gasteiger partial charge is 0.493 e. The molecule has 5 rings (SSSR count). The minimum Gasteiger partial charge on any atom is -0.493 e. The molecule has 1 N–H and O–H groups in total. The van der Waals surface area contributed by atoms with E-state index in [1.165, 1.54) is 0 Å². The first-order valence-electron chi connectivity index (χ1n) is 10.7. The Morgan fingerprint density at radius 3 is 2.42 bits per heavy atom. The van der Waals surface area contributed by atoms with Crippen LogP contribution in [-0.2, 0) is 0 Å². The summed E-state index contributed by atoms with van der Waals surface area (Å²) >= 11 is 0. The van der Waals surface area contributed by atoms with Crippen LogP contribution in [0.15, 0.2) is 43.1 Å². The van der Waals surface area contributed by atoms with Gasteiger partial charge < -0.3 is 29.0 Å². The molecule has 10 nitrogen and oxygen atoms in total. The van der Waals surface area contributed by atoms with Gasteiger partial charge in [0.15, 0.2) is 11.5 Å². The summed E-state index contributed by atoms with van der Waals surface area (Å²) in [5.74, 6) is 3.73. The highest BCUT2D eigenvalue weighted by molar-refractivity contribution is 5.90. The highest BCUT2D eigenvalue weighted by Gasteiger charge is 2.18. The summed E-state index contributed by atoms with van der Waals surface area (Å²) in [5, 5.41) is 4.24. The van der Waals surface area contributed by atoms with Gasteiger partial charge in [-0.2, -0.15) is 4.98 Å². The van der Waals surface area contributed by atoms with Gasteiger partial charge in [0.25, 0.3) is 0 Å². The van der Waals surface area contributed by atoms with E-state index in [-0.39, 0.29) is 0 Å². The summed E-state index contributed by atoms with van der Waals surface area (Å²) < 4.78 is 18.2. The predicted octanol–water partition coefficient (Wildman–Crippen LogP) is 3.58. The maximum absolute atomic E-state index is 5.47. The molecule has 33 heavy (non-hydrogen) atoms. The zero-order chi connectivity index (χ0) is 22.8. The summed E-state index contributed by atoms with van der Waals surface area (Å²) in [6.07, 6.45) is 9.39. The molecule has 0 radical (unpaired) electrons. The van der Waals surface area contributed by atoms with Gasteiger partial charge in [0, 0.05) is 36.8 Å². The monoisotopic (exact) mass is 447 g/mol. The van der Waals surface area contributed by atoms with Gasteiger partial charge in [0.05, 0.1) is 44.9 Å². The van der Waals surface area contributed by atoms with Crippen LogP contribution in [0.4, 0.5) is 17.6 Å². The quantitative estimate of drug-likeness (QED) is 0.456. The van der Waals surface area contributed by atoms with E-state index in [0.29, 0.717) is 34.8 Å². The average molecular weight is 447 g/mol. The van der Waals surface area contributed by atoms with Crippen molar-refractivity contribution >= 4 is 28.5 Å². The van der Waals surface area contributed by atoms with E-state index in [4.69, 9.17) is 24.2 Å². The average Bonchev–Trinajstić information content (AvgIpc) is 3.56. The molecule has 0 spiro atoms. The number of rotatable bonds is 7. The lowest BCUT2D eigenvalue weighted by atomic mass is 10.2. The van der Waals surface area contributed by atoms with Gasteiger partial charge in [0.2, 0.25) is 11.7 Å². The fraction of sp³-hybridized carbons (Fsp3) is 0.304. The van der Waals surface area contributed by atoms with Crippen LogP contribution in [0.2, 0.25) is 0 Å². The van der Waals surface area contributed by atoms with E-state index < -0.39 is 0 Å². The number of anilines is 3. The van der Waals surface area contributed by atoms with E-state index in [1.54, 1.807) is 40.1 Å². The molecular formula is C23H25N7O3. The highest BCUT2D eigenvalue weighted by atomic mass is 16.5. The number of aromatic nitrogens is 5. The Labute approximate surface area is 191 Å². The van der Waals surface area contributed by atoms with Crippen molar-refractivity contribution in [2.24, 2.45) is 0 Å². The van der Waals surface area contributed by atoms with Gasteiger partial charge >= 0.3 is 0 Å². The first kappa shape index (κ1) is 20.8. The smallest absolute Gasteiger partial charge is 0.227 e. The molecule has 1 fully saturated rings. The van der Waals surface area contributed by atoms with Crippen LogP contribution in [0, 0.1) is 0 Å². The minimum atomic E-state index is 0.540. The van der Waals surface area contributed by atoms with Crippen LogP contribution < -0.4 is 24.4 Å². The Morgan fingerprint density at radius 1 is 0.970 bits per heavy atom. The zero-order valence-electron chi connectivity index (χ0n) is 18.8. The lowest BCUT2D eigenvalue weighted by Gasteiger charge is -2.17. The lowest BCUT2D eigenvalue weighted by Crippen LogP contribution is -2.20. The van der Waals surface area contributed by atoms with E-state index in [0.717, 1.165) is 42.5 Å². The van der Waals surface area contributed by atoms with Crippen molar-refractivity contribution in [1.82, 2.24) is 24.5 Å². The van der Waals surface area contributed by atoms with Crippen molar-refractivity contribution in [2.75, 3.05) is 44.6 Å². The summed E-state index contributed by atoms with van der Waals surface area (Å²) in [7, 11) is 4.77. The van der Waals surface area contributed by atoms with Crippen molar-refractivity contribution in [2.45, 2.75) is 12.8 Å². The SMILES string of the molecule is COc1cc(-n2cnc(Nc3nc(N4CCCC4)nc4cnccc34)c2)cc(OC)c1OC. The molecule has 1 saturated heterocycles. The Kier molecular flexibility index (Phi) is 5.55. The van der Waals surface area contributed by atoms with Crippen LogP contribution in [0.25, 0.3) is 16.6 Å². The van der Waals surface area contributed by atoms with Crippen LogP contribution in [0.5, 0.6) is 17.2 Å². The molecule has 10 heteroatoms. The molecule has 0 unspecified atom stereocenters. The third-order valence-corrected chi connectivity index (χ3v) is 5.65. The molecule has 1 aromatic carbocycles. The zero-order valence-corrected chi connectivity index (χ0v) is 18.8. The number of methoxy groups -OCH3 is 3. The molecule has 4 aromatic rings. The number of pyridine rings is 1. The number of hydrogen-bond acceptors (Lipinski definition) is 9. The van der Waals surface area contributed by atoms with Gasteiger partial charge in [-0.1, -0.05) is 0 Å². The summed E-state index contributed by atoms with van der Waals surface area (Å²) in [5.41, 5.74) is 1.61. The predicted molar refractivity (Wildman–Crippen MR) is 125 cm³/mol. The maximum Gasteiger partial charge on any atom is 0.227 e. The Morgan fingerprint density at radius 2 is 1.73 bits per heavy atom. The second-order valence-electron chi connectivity index (χ2n) is 7.63. The van der Waals surface area contributed by atoms with Crippen molar-refractivity contribution in [3.63, 3.8) is 0 Å².